The number of Topliss-reactive ketones (excluding diaryl/α,β-unsaturated/α-hetero) is 1. The van der Waals surface area contributed by atoms with E-state index in [0.717, 1.165) is 10.0 Å². The van der Waals surface area contributed by atoms with Gasteiger partial charge >= 0.3 is 0 Å². The minimum atomic E-state index is -0.838. The summed E-state index contributed by atoms with van der Waals surface area (Å²) in [6.45, 7) is 0. The van der Waals surface area contributed by atoms with Gasteiger partial charge in [-0.25, -0.2) is 0 Å². The van der Waals surface area contributed by atoms with Crippen molar-refractivity contribution in [2.45, 2.75) is 12.3 Å². The molecule has 1 unspecified atom stereocenters. The number of nitrogens with zero attached hydrogens (tertiary/aromatic N) is 2. The predicted octanol–water partition coefficient (Wildman–Crippen LogP) is 4.53. The SMILES string of the molecule is N#CC(C#N)C(CC(=O)c1sccc1Br)c1ccccc1. The molecule has 0 bridgehead atoms. The van der Waals surface area contributed by atoms with Crippen LogP contribution >= 0.6 is 27.3 Å². The summed E-state index contributed by atoms with van der Waals surface area (Å²) in [6, 6.07) is 15.1. The first kappa shape index (κ1) is 15.4. The average molecular weight is 359 g/mol. The van der Waals surface area contributed by atoms with E-state index < -0.39 is 11.8 Å². The van der Waals surface area contributed by atoms with Gasteiger partial charge in [0.15, 0.2) is 5.78 Å². The Balaban J connectivity index is 2.30. The maximum atomic E-state index is 12.4. The van der Waals surface area contributed by atoms with Gasteiger partial charge in [0, 0.05) is 16.8 Å². The zero-order valence-corrected chi connectivity index (χ0v) is 13.4. The smallest absolute Gasteiger partial charge is 0.174 e. The molecule has 5 heteroatoms. The third-order valence-corrected chi connectivity index (χ3v) is 5.06. The summed E-state index contributed by atoms with van der Waals surface area (Å²) in [4.78, 5) is 13.0. The molecule has 3 nitrogen and oxygen atoms in total. The van der Waals surface area contributed by atoms with E-state index in [1.165, 1.54) is 11.3 Å². The second kappa shape index (κ2) is 7.17. The second-order valence-electron chi connectivity index (χ2n) is 4.48. The molecule has 1 atom stereocenters. The zero-order chi connectivity index (χ0) is 15.2. The van der Waals surface area contributed by atoms with E-state index in [-0.39, 0.29) is 12.2 Å². The summed E-state index contributed by atoms with van der Waals surface area (Å²) in [5.41, 5.74) is 0.839. The van der Waals surface area contributed by atoms with E-state index in [9.17, 15) is 4.79 Å². The Hall–Kier alpha value is -1.95. The fraction of sp³-hybridized carbons (Fsp3) is 0.188. The van der Waals surface area contributed by atoms with Crippen LogP contribution in [0.3, 0.4) is 0 Å². The van der Waals surface area contributed by atoms with Crippen molar-refractivity contribution in [2.24, 2.45) is 5.92 Å². The molecule has 0 radical (unpaired) electrons. The normalized spacial score (nSPS) is 11.6. The van der Waals surface area contributed by atoms with Crippen LogP contribution in [0.5, 0.6) is 0 Å². The first-order valence-electron chi connectivity index (χ1n) is 6.27. The van der Waals surface area contributed by atoms with Crippen LogP contribution in [-0.4, -0.2) is 5.78 Å². The molecule has 0 aliphatic heterocycles. The first-order chi connectivity index (χ1) is 10.2. The Morgan fingerprint density at radius 2 is 1.86 bits per heavy atom. The third kappa shape index (κ3) is 3.58. The van der Waals surface area contributed by atoms with Crippen molar-refractivity contribution in [3.63, 3.8) is 0 Å². The van der Waals surface area contributed by atoms with Crippen molar-refractivity contribution >= 4 is 33.0 Å². The highest BCUT2D eigenvalue weighted by Gasteiger charge is 2.27. The molecule has 2 rings (SSSR count). The molecule has 0 aliphatic carbocycles. The topological polar surface area (TPSA) is 64.7 Å². The molecule has 21 heavy (non-hydrogen) atoms. The largest absolute Gasteiger partial charge is 0.293 e. The van der Waals surface area contributed by atoms with E-state index in [4.69, 9.17) is 10.5 Å². The molecule has 0 amide bonds. The molecule has 0 fully saturated rings. The van der Waals surface area contributed by atoms with Crippen LogP contribution in [0.2, 0.25) is 0 Å². The lowest BCUT2D eigenvalue weighted by molar-refractivity contribution is 0.0974. The first-order valence-corrected chi connectivity index (χ1v) is 7.95. The lowest BCUT2D eigenvalue weighted by atomic mass is 9.83. The lowest BCUT2D eigenvalue weighted by Gasteiger charge is -2.17. The monoisotopic (exact) mass is 358 g/mol. The van der Waals surface area contributed by atoms with Crippen LogP contribution < -0.4 is 0 Å². The molecule has 0 saturated carbocycles. The summed E-state index contributed by atoms with van der Waals surface area (Å²) in [6.07, 6.45) is 0.148. The number of benzene rings is 1. The van der Waals surface area contributed by atoms with Gasteiger partial charge in [0.05, 0.1) is 17.0 Å². The van der Waals surface area contributed by atoms with Crippen molar-refractivity contribution in [1.82, 2.24) is 0 Å². The van der Waals surface area contributed by atoms with Gasteiger partial charge in [-0.3, -0.25) is 4.79 Å². The zero-order valence-electron chi connectivity index (χ0n) is 11.0. The van der Waals surface area contributed by atoms with Crippen molar-refractivity contribution in [1.29, 1.82) is 10.5 Å². The maximum Gasteiger partial charge on any atom is 0.174 e. The van der Waals surface area contributed by atoms with Gasteiger partial charge in [0.1, 0.15) is 5.92 Å². The van der Waals surface area contributed by atoms with Gasteiger partial charge in [-0.1, -0.05) is 30.3 Å². The van der Waals surface area contributed by atoms with Gasteiger partial charge in [-0.05, 0) is 32.9 Å². The highest BCUT2D eigenvalue weighted by atomic mass is 79.9. The third-order valence-electron chi connectivity index (χ3n) is 3.18. The van der Waals surface area contributed by atoms with E-state index >= 15 is 0 Å². The van der Waals surface area contributed by atoms with Crippen molar-refractivity contribution < 1.29 is 4.79 Å². The Morgan fingerprint density at radius 1 is 1.19 bits per heavy atom. The number of rotatable bonds is 5. The molecule has 104 valence electrons. The highest BCUT2D eigenvalue weighted by molar-refractivity contribution is 9.10. The molecule has 2 aromatic rings. The van der Waals surface area contributed by atoms with Crippen molar-refractivity contribution in [3.8, 4) is 12.1 Å². The average Bonchev–Trinajstić information content (AvgIpc) is 2.94. The fourth-order valence-electron chi connectivity index (χ4n) is 2.12. The van der Waals surface area contributed by atoms with E-state index in [2.05, 4.69) is 15.9 Å². The molecule has 0 N–H and O–H groups in total. The molecule has 0 spiro atoms. The molecule has 1 heterocycles. The molecule has 0 aliphatic rings. The Bertz CT molecular complexity index is 698. The number of hydrogen-bond donors (Lipinski definition) is 0. The van der Waals surface area contributed by atoms with Crippen LogP contribution in [0.15, 0.2) is 46.3 Å². The molecular formula is C16H11BrN2OS. The van der Waals surface area contributed by atoms with E-state index in [0.29, 0.717) is 4.88 Å². The van der Waals surface area contributed by atoms with Crippen molar-refractivity contribution in [3.05, 3.63) is 56.7 Å². The Labute approximate surface area is 135 Å². The van der Waals surface area contributed by atoms with Gasteiger partial charge in [0.2, 0.25) is 0 Å². The minimum Gasteiger partial charge on any atom is -0.293 e. The number of nitriles is 2. The van der Waals surface area contributed by atoms with Crippen molar-refractivity contribution in [2.75, 3.05) is 0 Å². The van der Waals surface area contributed by atoms with E-state index in [1.54, 1.807) is 0 Å². The summed E-state index contributed by atoms with van der Waals surface area (Å²) < 4.78 is 0.759. The van der Waals surface area contributed by atoms with Crippen LogP contribution in [0.25, 0.3) is 0 Å². The highest BCUT2D eigenvalue weighted by Crippen LogP contribution is 2.32. The summed E-state index contributed by atoms with van der Waals surface area (Å²) in [5.74, 6) is -1.31. The molecule has 1 aromatic carbocycles. The van der Waals surface area contributed by atoms with Gasteiger partial charge in [-0.15, -0.1) is 11.3 Å². The van der Waals surface area contributed by atoms with Crippen LogP contribution in [0.1, 0.15) is 27.6 Å². The summed E-state index contributed by atoms with van der Waals surface area (Å²) in [5, 5.41) is 20.2. The number of carbonyl (C=O) groups excluding carboxylic acids is 1. The fourth-order valence-corrected chi connectivity index (χ4v) is 3.67. The summed E-state index contributed by atoms with van der Waals surface area (Å²) >= 11 is 4.70. The van der Waals surface area contributed by atoms with Gasteiger partial charge in [-0.2, -0.15) is 10.5 Å². The predicted molar refractivity (Wildman–Crippen MR) is 84.9 cm³/mol. The molecule has 0 saturated heterocycles. The molecule has 1 aromatic heterocycles. The summed E-state index contributed by atoms with van der Waals surface area (Å²) in [7, 11) is 0. The quantitative estimate of drug-likeness (QED) is 0.737. The Morgan fingerprint density at radius 3 is 2.38 bits per heavy atom. The van der Waals surface area contributed by atoms with E-state index in [1.807, 2.05) is 53.9 Å². The minimum absolute atomic E-state index is 0.0544. The standard InChI is InChI=1S/C16H11BrN2OS/c17-14-6-7-21-16(14)15(20)8-13(12(9-18)10-19)11-4-2-1-3-5-11/h1-7,12-13H,8H2. The second-order valence-corrected chi connectivity index (χ2v) is 6.25. The Kier molecular flexibility index (Phi) is 5.27. The lowest BCUT2D eigenvalue weighted by Crippen LogP contribution is -2.14. The van der Waals surface area contributed by atoms with Crippen LogP contribution in [0.4, 0.5) is 0 Å². The number of hydrogen-bond acceptors (Lipinski definition) is 4. The van der Waals surface area contributed by atoms with Crippen LogP contribution in [-0.2, 0) is 0 Å². The number of halogens is 1. The number of thiophene rings is 1. The molecular weight excluding hydrogens is 348 g/mol. The van der Waals surface area contributed by atoms with Gasteiger partial charge < -0.3 is 0 Å². The number of ketones is 1. The van der Waals surface area contributed by atoms with Gasteiger partial charge in [0.25, 0.3) is 0 Å². The maximum absolute atomic E-state index is 12.4. The van der Waals surface area contributed by atoms with Crippen LogP contribution in [0, 0.1) is 28.6 Å². The number of carbonyl (C=O) groups is 1.